The van der Waals surface area contributed by atoms with Gasteiger partial charge in [0.2, 0.25) is 5.91 Å². The number of benzene rings is 2. The van der Waals surface area contributed by atoms with E-state index in [0.29, 0.717) is 27.1 Å². The van der Waals surface area contributed by atoms with Gasteiger partial charge in [0.1, 0.15) is 17.4 Å². The van der Waals surface area contributed by atoms with E-state index < -0.39 is 23.5 Å². The Hall–Kier alpha value is -3.32. The fraction of sp³-hybridized carbons (Fsp3) is 0.227. The number of carbonyl (C=O) groups excluding carboxylic acids is 1. The molecule has 30 heavy (non-hydrogen) atoms. The van der Waals surface area contributed by atoms with Crippen molar-refractivity contribution in [1.82, 2.24) is 5.32 Å². The molecule has 8 heteroatoms. The lowest BCUT2D eigenvalue weighted by Gasteiger charge is -2.15. The molecule has 7 nitrogen and oxygen atoms in total. The first-order chi connectivity index (χ1) is 14.2. The summed E-state index contributed by atoms with van der Waals surface area (Å²) in [5, 5.41) is 22.9. The first kappa shape index (κ1) is 21.4. The maximum atomic E-state index is 12.5. The summed E-state index contributed by atoms with van der Waals surface area (Å²) in [6, 6.07) is 8.58. The minimum Gasteiger partial charge on any atom is -0.508 e. The van der Waals surface area contributed by atoms with Crippen molar-refractivity contribution in [2.24, 2.45) is 0 Å². The first-order valence-electron chi connectivity index (χ1n) is 9.19. The van der Waals surface area contributed by atoms with Gasteiger partial charge in [-0.3, -0.25) is 4.79 Å². The number of carboxylic acid groups (broad SMARTS) is 1. The number of phenols is 1. The number of aryl methyl sites for hydroxylation is 2. The molecular formula is C22H20ClNO6. The topological polar surface area (TPSA) is 117 Å². The Morgan fingerprint density at radius 3 is 2.40 bits per heavy atom. The quantitative estimate of drug-likeness (QED) is 0.518. The molecule has 0 fully saturated rings. The molecule has 1 atom stereocenters. The van der Waals surface area contributed by atoms with Crippen molar-refractivity contribution in [3.8, 4) is 5.75 Å². The molecule has 1 aromatic heterocycles. The molecule has 3 N–H and O–H groups in total. The molecule has 1 amide bonds. The van der Waals surface area contributed by atoms with Gasteiger partial charge in [-0.25, -0.2) is 9.59 Å². The number of phenolic OH excluding ortho intramolecular Hbond substituents is 1. The van der Waals surface area contributed by atoms with E-state index in [-0.39, 0.29) is 29.7 Å². The second kappa shape index (κ2) is 8.59. The number of amides is 1. The van der Waals surface area contributed by atoms with E-state index in [9.17, 15) is 24.6 Å². The van der Waals surface area contributed by atoms with Crippen LogP contribution in [0.1, 0.15) is 22.3 Å². The van der Waals surface area contributed by atoms with Crippen molar-refractivity contribution >= 4 is 34.4 Å². The number of hydrogen-bond donors (Lipinski definition) is 3. The minimum atomic E-state index is -1.19. The zero-order valence-corrected chi connectivity index (χ0v) is 17.1. The second-order valence-corrected chi connectivity index (χ2v) is 7.48. The van der Waals surface area contributed by atoms with Crippen LogP contribution in [0.25, 0.3) is 11.0 Å². The van der Waals surface area contributed by atoms with Gasteiger partial charge in [-0.15, -0.1) is 0 Å². The lowest BCUT2D eigenvalue weighted by Crippen LogP contribution is -2.43. The summed E-state index contributed by atoms with van der Waals surface area (Å²) in [7, 11) is 0. The molecule has 3 rings (SSSR count). The Morgan fingerprint density at radius 2 is 1.77 bits per heavy atom. The number of aromatic hydroxyl groups is 1. The molecule has 1 heterocycles. The SMILES string of the molecule is Cc1c(CC(=O)N[C@H](Cc2ccc(Cl)cc2)C(=O)O)c(=O)oc2c(C)c(O)ccc12. The Bertz CT molecular complexity index is 1180. The molecule has 0 saturated carbocycles. The van der Waals surface area contributed by atoms with E-state index >= 15 is 0 Å². The molecule has 0 saturated heterocycles. The first-order valence-corrected chi connectivity index (χ1v) is 9.56. The van der Waals surface area contributed by atoms with Gasteiger partial charge in [0.25, 0.3) is 0 Å². The van der Waals surface area contributed by atoms with Crippen LogP contribution in [0.2, 0.25) is 5.02 Å². The number of rotatable bonds is 6. The third kappa shape index (κ3) is 4.46. The zero-order valence-electron chi connectivity index (χ0n) is 16.4. The van der Waals surface area contributed by atoms with E-state index in [1.54, 1.807) is 44.2 Å². The second-order valence-electron chi connectivity index (χ2n) is 7.05. The molecule has 0 radical (unpaired) electrons. The van der Waals surface area contributed by atoms with Gasteiger partial charge < -0.3 is 19.9 Å². The predicted molar refractivity (Wildman–Crippen MR) is 112 cm³/mol. The highest BCUT2D eigenvalue weighted by Crippen LogP contribution is 2.28. The van der Waals surface area contributed by atoms with Crippen molar-refractivity contribution in [3.05, 3.63) is 74.1 Å². The van der Waals surface area contributed by atoms with Gasteiger partial charge in [0, 0.05) is 22.4 Å². The van der Waals surface area contributed by atoms with Gasteiger partial charge in [0.05, 0.1) is 12.0 Å². The van der Waals surface area contributed by atoms with Crippen LogP contribution >= 0.6 is 11.6 Å². The van der Waals surface area contributed by atoms with Gasteiger partial charge in [-0.2, -0.15) is 0 Å². The largest absolute Gasteiger partial charge is 0.508 e. The van der Waals surface area contributed by atoms with Crippen LogP contribution in [0.5, 0.6) is 5.75 Å². The van der Waals surface area contributed by atoms with Crippen molar-refractivity contribution in [2.75, 3.05) is 0 Å². The van der Waals surface area contributed by atoms with Crippen LogP contribution in [0.4, 0.5) is 0 Å². The minimum absolute atomic E-state index is 0.00189. The predicted octanol–water partition coefficient (Wildman–Crippen LogP) is 3.12. The highest BCUT2D eigenvalue weighted by atomic mass is 35.5. The van der Waals surface area contributed by atoms with Crippen LogP contribution in [0, 0.1) is 13.8 Å². The number of nitrogens with one attached hydrogen (secondary N) is 1. The van der Waals surface area contributed by atoms with Gasteiger partial charge in [-0.1, -0.05) is 23.7 Å². The van der Waals surface area contributed by atoms with E-state index in [0.717, 1.165) is 0 Å². The summed E-state index contributed by atoms with van der Waals surface area (Å²) >= 11 is 5.84. The molecule has 3 aromatic rings. The van der Waals surface area contributed by atoms with Gasteiger partial charge >= 0.3 is 11.6 Å². The third-order valence-electron chi connectivity index (χ3n) is 5.00. The molecular weight excluding hydrogens is 410 g/mol. The number of hydrogen-bond acceptors (Lipinski definition) is 5. The van der Waals surface area contributed by atoms with Gasteiger partial charge in [-0.05, 0) is 49.2 Å². The van der Waals surface area contributed by atoms with Crippen LogP contribution in [-0.2, 0) is 22.4 Å². The number of carboxylic acids is 1. The summed E-state index contributed by atoms with van der Waals surface area (Å²) in [5.41, 5.74) is 1.37. The average molecular weight is 430 g/mol. The summed E-state index contributed by atoms with van der Waals surface area (Å²) in [6.07, 6.45) is -0.254. The summed E-state index contributed by atoms with van der Waals surface area (Å²) < 4.78 is 5.32. The maximum absolute atomic E-state index is 12.5. The third-order valence-corrected chi connectivity index (χ3v) is 5.25. The fourth-order valence-corrected chi connectivity index (χ4v) is 3.37. The standard InChI is InChI=1S/C22H20ClNO6/c1-11-15-7-8-18(25)12(2)20(15)30-22(29)16(11)10-19(26)24-17(21(27)28)9-13-3-5-14(23)6-4-13/h3-8,17,25H,9-10H2,1-2H3,(H,24,26)(H,27,28)/t17-/m1/s1. The van der Waals surface area contributed by atoms with Crippen molar-refractivity contribution in [2.45, 2.75) is 32.7 Å². The van der Waals surface area contributed by atoms with Crippen molar-refractivity contribution < 1.29 is 24.2 Å². The van der Waals surface area contributed by atoms with E-state index in [1.807, 2.05) is 0 Å². The molecule has 0 bridgehead atoms. The Balaban J connectivity index is 1.83. The molecule has 0 aliphatic carbocycles. The summed E-state index contributed by atoms with van der Waals surface area (Å²) in [4.78, 5) is 36.5. The molecule has 0 unspecified atom stereocenters. The van der Waals surface area contributed by atoms with Crippen molar-refractivity contribution in [1.29, 1.82) is 0 Å². The smallest absolute Gasteiger partial charge is 0.340 e. The molecule has 2 aromatic carbocycles. The lowest BCUT2D eigenvalue weighted by molar-refractivity contribution is -0.141. The molecule has 0 spiro atoms. The Morgan fingerprint density at radius 1 is 1.10 bits per heavy atom. The summed E-state index contributed by atoms with van der Waals surface area (Å²) in [5.74, 6) is -1.80. The van der Waals surface area contributed by atoms with E-state index in [2.05, 4.69) is 5.32 Å². The zero-order chi connectivity index (χ0) is 22.0. The van der Waals surface area contributed by atoms with E-state index in [1.165, 1.54) is 6.07 Å². The number of aliphatic carboxylic acids is 1. The summed E-state index contributed by atoms with van der Waals surface area (Å²) in [6.45, 7) is 3.31. The van der Waals surface area contributed by atoms with Crippen LogP contribution in [-0.4, -0.2) is 28.1 Å². The molecule has 0 aliphatic heterocycles. The van der Waals surface area contributed by atoms with E-state index in [4.69, 9.17) is 16.0 Å². The number of fused-ring (bicyclic) bond motifs is 1. The van der Waals surface area contributed by atoms with Crippen LogP contribution in [0.15, 0.2) is 45.6 Å². The Kier molecular flexibility index (Phi) is 6.12. The maximum Gasteiger partial charge on any atom is 0.340 e. The van der Waals surface area contributed by atoms with Crippen LogP contribution < -0.4 is 10.9 Å². The lowest BCUT2D eigenvalue weighted by atomic mass is 10.0. The monoisotopic (exact) mass is 429 g/mol. The number of halogens is 1. The fourth-order valence-electron chi connectivity index (χ4n) is 3.24. The average Bonchev–Trinajstić information content (AvgIpc) is 2.69. The highest BCUT2D eigenvalue weighted by molar-refractivity contribution is 6.30. The normalized spacial score (nSPS) is 12.0. The van der Waals surface area contributed by atoms with Gasteiger partial charge in [0.15, 0.2) is 0 Å². The Labute approximate surface area is 176 Å². The highest BCUT2D eigenvalue weighted by Gasteiger charge is 2.23. The molecule has 0 aliphatic rings. The number of carbonyl (C=O) groups is 2. The molecule has 156 valence electrons. The van der Waals surface area contributed by atoms with Crippen LogP contribution in [0.3, 0.4) is 0 Å². The van der Waals surface area contributed by atoms with Crippen molar-refractivity contribution in [3.63, 3.8) is 0 Å².